The molecule has 0 fully saturated rings. The van der Waals surface area contributed by atoms with Crippen LogP contribution in [-0.2, 0) is 17.5 Å². The Morgan fingerprint density at radius 1 is 1.30 bits per heavy atom. The van der Waals surface area contributed by atoms with E-state index >= 15 is 0 Å². The molecule has 1 N–H and O–H groups in total. The molecule has 1 atom stereocenters. The average Bonchev–Trinajstić information content (AvgIpc) is 2.78. The molecule has 5 nitrogen and oxygen atoms in total. The highest BCUT2D eigenvalue weighted by Crippen LogP contribution is 2.32. The number of amides is 1. The van der Waals surface area contributed by atoms with Crippen LogP contribution in [0.3, 0.4) is 0 Å². The lowest BCUT2D eigenvalue weighted by atomic mass is 10.0. The summed E-state index contributed by atoms with van der Waals surface area (Å²) in [6, 6.07) is 5.12. The Balaban J connectivity index is 1.80. The quantitative estimate of drug-likeness (QED) is 0.828. The van der Waals surface area contributed by atoms with Crippen molar-refractivity contribution >= 4 is 5.91 Å². The number of ether oxygens (including phenoxy) is 1. The predicted molar refractivity (Wildman–Crippen MR) is 87.7 cm³/mol. The smallest absolute Gasteiger partial charge is 0.421 e. The molecule has 1 aliphatic rings. The summed E-state index contributed by atoms with van der Waals surface area (Å²) < 4.78 is 58.2. The molecule has 1 aromatic carbocycles. The molecule has 27 heavy (non-hydrogen) atoms. The van der Waals surface area contributed by atoms with E-state index in [1.54, 1.807) is 0 Å². The minimum atomic E-state index is -4.80. The molecule has 3 rings (SSSR count). The lowest BCUT2D eigenvalue weighted by Crippen LogP contribution is -2.36. The monoisotopic (exact) mass is 384 g/mol. The van der Waals surface area contributed by atoms with Gasteiger partial charge >= 0.3 is 6.18 Å². The van der Waals surface area contributed by atoms with Gasteiger partial charge in [-0.2, -0.15) is 13.2 Å². The van der Waals surface area contributed by atoms with Crippen LogP contribution in [-0.4, -0.2) is 17.1 Å². The highest BCUT2D eigenvalue weighted by atomic mass is 19.4. The molecular weight excluding hydrogens is 368 g/mol. The molecule has 0 saturated heterocycles. The van der Waals surface area contributed by atoms with Gasteiger partial charge in [0.25, 0.3) is 5.56 Å². The van der Waals surface area contributed by atoms with Gasteiger partial charge in [0.05, 0.1) is 12.6 Å². The molecule has 1 aliphatic heterocycles. The van der Waals surface area contributed by atoms with Crippen molar-refractivity contribution in [2.24, 2.45) is 0 Å². The highest BCUT2D eigenvalue weighted by Gasteiger charge is 2.34. The zero-order chi connectivity index (χ0) is 19.6. The molecule has 0 unspecified atom stereocenters. The van der Waals surface area contributed by atoms with Gasteiger partial charge in [-0.15, -0.1) is 0 Å². The van der Waals surface area contributed by atoms with E-state index in [1.807, 2.05) is 0 Å². The van der Waals surface area contributed by atoms with Crippen LogP contribution in [0, 0.1) is 5.82 Å². The van der Waals surface area contributed by atoms with E-state index in [-0.39, 0.29) is 0 Å². The van der Waals surface area contributed by atoms with Crippen LogP contribution in [0.5, 0.6) is 5.75 Å². The fraction of sp³-hybridized carbons (Fsp3) is 0.333. The summed E-state index contributed by atoms with van der Waals surface area (Å²) in [6.07, 6.45) is -2.61. The standard InChI is InChI=1S/C18H16F4N2O3/c19-11-5-6-15-12(9-11)14(4-2-8-27-15)23-16(25)10-24-7-1-3-13(17(24)26)18(20,21)22/h1,3,5-7,9,14H,2,4,8,10H2,(H,23,25)/t14-/m0/s1. The van der Waals surface area contributed by atoms with Gasteiger partial charge in [0.2, 0.25) is 5.91 Å². The maximum Gasteiger partial charge on any atom is 0.421 e. The molecule has 144 valence electrons. The largest absolute Gasteiger partial charge is 0.493 e. The van der Waals surface area contributed by atoms with E-state index < -0.39 is 41.6 Å². The van der Waals surface area contributed by atoms with Crippen molar-refractivity contribution in [2.45, 2.75) is 31.6 Å². The number of pyridine rings is 1. The number of rotatable bonds is 3. The topological polar surface area (TPSA) is 60.3 Å². The number of halogens is 4. The number of carbonyl (C=O) groups is 1. The molecule has 0 radical (unpaired) electrons. The second-order valence-electron chi connectivity index (χ2n) is 6.15. The van der Waals surface area contributed by atoms with Crippen molar-refractivity contribution in [2.75, 3.05) is 6.61 Å². The lowest BCUT2D eigenvalue weighted by Gasteiger charge is -2.19. The Labute approximate surface area is 151 Å². The van der Waals surface area contributed by atoms with E-state index in [0.717, 1.165) is 12.3 Å². The number of nitrogens with one attached hydrogen (secondary N) is 1. The first-order valence-corrected chi connectivity index (χ1v) is 8.24. The van der Waals surface area contributed by atoms with Gasteiger partial charge in [-0.25, -0.2) is 4.39 Å². The Morgan fingerprint density at radius 2 is 2.07 bits per heavy atom. The maximum absolute atomic E-state index is 13.6. The first kappa shape index (κ1) is 18.9. The molecule has 0 saturated carbocycles. The first-order valence-electron chi connectivity index (χ1n) is 8.24. The van der Waals surface area contributed by atoms with Crippen LogP contribution in [0.4, 0.5) is 17.6 Å². The van der Waals surface area contributed by atoms with Crippen molar-refractivity contribution in [3.05, 3.63) is 63.8 Å². The van der Waals surface area contributed by atoms with Crippen molar-refractivity contribution in [1.82, 2.24) is 9.88 Å². The maximum atomic E-state index is 13.6. The van der Waals surface area contributed by atoms with Gasteiger partial charge in [-0.1, -0.05) is 0 Å². The second kappa shape index (κ2) is 7.42. The number of hydrogen-bond donors (Lipinski definition) is 1. The third-order valence-corrected chi connectivity index (χ3v) is 4.22. The SMILES string of the molecule is O=C(Cn1cccc(C(F)(F)F)c1=O)N[C@H]1CCCOc2ccc(F)cc21. The number of alkyl halides is 3. The van der Waals surface area contributed by atoms with Gasteiger partial charge in [0, 0.05) is 11.8 Å². The second-order valence-corrected chi connectivity index (χ2v) is 6.15. The Morgan fingerprint density at radius 3 is 2.81 bits per heavy atom. The molecule has 2 heterocycles. The summed E-state index contributed by atoms with van der Waals surface area (Å²) in [4.78, 5) is 24.2. The number of fused-ring (bicyclic) bond motifs is 1. The molecule has 0 bridgehead atoms. The van der Waals surface area contributed by atoms with Gasteiger partial charge in [-0.3, -0.25) is 9.59 Å². The van der Waals surface area contributed by atoms with E-state index in [2.05, 4.69) is 5.32 Å². The molecule has 0 spiro atoms. The van der Waals surface area contributed by atoms with Crippen LogP contribution in [0.2, 0.25) is 0 Å². The van der Waals surface area contributed by atoms with E-state index in [4.69, 9.17) is 4.74 Å². The number of aromatic nitrogens is 1. The number of hydrogen-bond acceptors (Lipinski definition) is 3. The molecule has 9 heteroatoms. The fourth-order valence-corrected chi connectivity index (χ4v) is 2.97. The molecule has 1 aromatic heterocycles. The zero-order valence-electron chi connectivity index (χ0n) is 14.1. The minimum absolute atomic E-state index is 0.401. The van der Waals surface area contributed by atoms with Gasteiger partial charge in [-0.05, 0) is 43.2 Å². The molecule has 1 amide bonds. The molecule has 0 aliphatic carbocycles. The third kappa shape index (κ3) is 4.29. The number of carbonyl (C=O) groups excluding carboxylic acids is 1. The van der Waals surface area contributed by atoms with Gasteiger partial charge in [0.15, 0.2) is 0 Å². The number of nitrogens with zero attached hydrogens (tertiary/aromatic N) is 1. The fourth-order valence-electron chi connectivity index (χ4n) is 2.97. The number of benzene rings is 1. The van der Waals surface area contributed by atoms with Crippen molar-refractivity contribution in [3.63, 3.8) is 0 Å². The lowest BCUT2D eigenvalue weighted by molar-refractivity contribution is -0.139. The Hall–Kier alpha value is -2.84. The van der Waals surface area contributed by atoms with E-state index in [0.29, 0.717) is 41.4 Å². The van der Waals surface area contributed by atoms with Crippen LogP contribution < -0.4 is 15.6 Å². The summed E-state index contributed by atoms with van der Waals surface area (Å²) >= 11 is 0. The van der Waals surface area contributed by atoms with Crippen molar-refractivity contribution in [3.8, 4) is 5.75 Å². The van der Waals surface area contributed by atoms with Crippen LogP contribution in [0.25, 0.3) is 0 Å². The van der Waals surface area contributed by atoms with E-state index in [1.165, 1.54) is 18.2 Å². The molecular formula is C18H16F4N2O3. The zero-order valence-corrected chi connectivity index (χ0v) is 14.1. The highest BCUT2D eigenvalue weighted by molar-refractivity contribution is 5.76. The average molecular weight is 384 g/mol. The van der Waals surface area contributed by atoms with Gasteiger partial charge in [0.1, 0.15) is 23.7 Å². The Kier molecular flexibility index (Phi) is 5.20. The third-order valence-electron chi connectivity index (χ3n) is 4.22. The van der Waals surface area contributed by atoms with E-state index in [9.17, 15) is 27.2 Å². The summed E-state index contributed by atoms with van der Waals surface area (Å²) in [5.41, 5.74) is -2.18. The van der Waals surface area contributed by atoms with Crippen LogP contribution in [0.1, 0.15) is 30.0 Å². The molecule has 2 aromatic rings. The minimum Gasteiger partial charge on any atom is -0.493 e. The van der Waals surface area contributed by atoms with Gasteiger partial charge < -0.3 is 14.6 Å². The Bertz CT molecular complexity index is 908. The van der Waals surface area contributed by atoms with Crippen molar-refractivity contribution in [1.29, 1.82) is 0 Å². The predicted octanol–water partition coefficient (Wildman–Crippen LogP) is 3.04. The summed E-state index contributed by atoms with van der Waals surface area (Å²) in [6.45, 7) is -0.178. The summed E-state index contributed by atoms with van der Waals surface area (Å²) in [5.74, 6) is -0.707. The van der Waals surface area contributed by atoms with Crippen LogP contribution in [0.15, 0.2) is 41.3 Å². The normalized spacial score (nSPS) is 16.8. The summed E-state index contributed by atoms with van der Waals surface area (Å²) in [7, 11) is 0. The first-order chi connectivity index (χ1) is 12.8. The van der Waals surface area contributed by atoms with Crippen molar-refractivity contribution < 1.29 is 27.1 Å². The summed E-state index contributed by atoms with van der Waals surface area (Å²) in [5, 5.41) is 2.65. The van der Waals surface area contributed by atoms with Crippen LogP contribution >= 0.6 is 0 Å².